The van der Waals surface area contributed by atoms with Crippen molar-refractivity contribution in [2.24, 2.45) is 5.92 Å². The van der Waals surface area contributed by atoms with Gasteiger partial charge < -0.3 is 9.47 Å². The molecular weight excluding hydrogens is 152 g/mol. The van der Waals surface area contributed by atoms with Gasteiger partial charge in [0.15, 0.2) is 0 Å². The van der Waals surface area contributed by atoms with E-state index in [1.165, 1.54) is 0 Å². The summed E-state index contributed by atoms with van der Waals surface area (Å²) in [5.74, 6) is 0.530. The quantitative estimate of drug-likeness (QED) is 0.604. The van der Waals surface area contributed by atoms with Crippen molar-refractivity contribution in [3.05, 3.63) is 0 Å². The summed E-state index contributed by atoms with van der Waals surface area (Å²) in [6, 6.07) is 0. The highest BCUT2D eigenvalue weighted by atomic mass is 16.6. The minimum absolute atomic E-state index is 0.236. The smallest absolute Gasteiger partial charge is 0.0809 e. The summed E-state index contributed by atoms with van der Waals surface area (Å²) in [5, 5.41) is 0. The molecular formula is C10H20O2. The third-order valence-electron chi connectivity index (χ3n) is 2.71. The maximum Gasteiger partial charge on any atom is 0.0809 e. The molecule has 72 valence electrons. The molecule has 0 aromatic rings. The maximum absolute atomic E-state index is 5.86. The molecule has 0 bridgehead atoms. The van der Waals surface area contributed by atoms with Gasteiger partial charge >= 0.3 is 0 Å². The van der Waals surface area contributed by atoms with Gasteiger partial charge in [-0.25, -0.2) is 0 Å². The van der Waals surface area contributed by atoms with Crippen LogP contribution in [0, 0.1) is 5.92 Å². The summed E-state index contributed by atoms with van der Waals surface area (Å²) < 4.78 is 11.5. The molecule has 1 aliphatic rings. The topological polar surface area (TPSA) is 18.5 Å². The molecule has 4 unspecified atom stereocenters. The fraction of sp³-hybridized carbons (Fsp3) is 1.00. The van der Waals surface area contributed by atoms with Crippen LogP contribution < -0.4 is 0 Å². The van der Waals surface area contributed by atoms with Crippen LogP contribution in [0.2, 0.25) is 0 Å². The Morgan fingerprint density at radius 3 is 2.42 bits per heavy atom. The van der Waals surface area contributed by atoms with E-state index in [1.807, 2.05) is 0 Å². The lowest BCUT2D eigenvalue weighted by atomic mass is 10.0. The van der Waals surface area contributed by atoms with Gasteiger partial charge in [-0.05, 0) is 20.3 Å². The number of hydrogen-bond acceptors (Lipinski definition) is 2. The lowest BCUT2D eigenvalue weighted by molar-refractivity contribution is -0.0482. The molecule has 4 atom stereocenters. The fourth-order valence-corrected chi connectivity index (χ4v) is 1.57. The van der Waals surface area contributed by atoms with Crippen molar-refractivity contribution >= 4 is 0 Å². The van der Waals surface area contributed by atoms with E-state index in [0.717, 1.165) is 13.0 Å². The molecule has 0 aromatic heterocycles. The van der Waals surface area contributed by atoms with Crippen LogP contribution in [-0.2, 0) is 9.47 Å². The zero-order valence-corrected chi connectivity index (χ0v) is 8.54. The molecule has 0 aliphatic carbocycles. The van der Waals surface area contributed by atoms with Gasteiger partial charge in [-0.1, -0.05) is 13.8 Å². The molecule has 12 heavy (non-hydrogen) atoms. The Morgan fingerprint density at radius 1 is 1.17 bits per heavy atom. The van der Waals surface area contributed by atoms with E-state index in [0.29, 0.717) is 12.0 Å². The van der Waals surface area contributed by atoms with Crippen LogP contribution in [0.15, 0.2) is 0 Å². The predicted molar refractivity (Wildman–Crippen MR) is 49.2 cm³/mol. The summed E-state index contributed by atoms with van der Waals surface area (Å²) in [4.78, 5) is 0. The lowest BCUT2D eigenvalue weighted by Gasteiger charge is -2.22. The standard InChI is InChI=1S/C10H20O2/c1-5-10-7(2)6-11-8(3)9(4)12-10/h7-10H,5-6H2,1-4H3. The largest absolute Gasteiger partial charge is 0.375 e. The first-order valence-corrected chi connectivity index (χ1v) is 4.92. The molecule has 2 heteroatoms. The zero-order chi connectivity index (χ0) is 9.14. The Morgan fingerprint density at radius 2 is 1.83 bits per heavy atom. The van der Waals surface area contributed by atoms with Crippen molar-refractivity contribution in [3.63, 3.8) is 0 Å². The van der Waals surface area contributed by atoms with E-state index >= 15 is 0 Å². The van der Waals surface area contributed by atoms with Crippen molar-refractivity contribution in [2.75, 3.05) is 6.61 Å². The average Bonchev–Trinajstić information content (AvgIpc) is 2.18. The second kappa shape index (κ2) is 4.24. The van der Waals surface area contributed by atoms with Crippen LogP contribution in [0.4, 0.5) is 0 Å². The Bertz CT molecular complexity index is 136. The highest BCUT2D eigenvalue weighted by Crippen LogP contribution is 2.21. The van der Waals surface area contributed by atoms with Crippen LogP contribution >= 0.6 is 0 Å². The van der Waals surface area contributed by atoms with E-state index in [9.17, 15) is 0 Å². The second-order valence-corrected chi connectivity index (χ2v) is 3.80. The van der Waals surface area contributed by atoms with Crippen molar-refractivity contribution in [1.82, 2.24) is 0 Å². The molecule has 1 rings (SSSR count). The van der Waals surface area contributed by atoms with E-state index in [2.05, 4.69) is 27.7 Å². The minimum Gasteiger partial charge on any atom is -0.375 e. The third-order valence-corrected chi connectivity index (χ3v) is 2.71. The molecule has 1 saturated heterocycles. The maximum atomic E-state index is 5.86. The SMILES string of the molecule is CCC1OC(C)C(C)OCC1C. The van der Waals surface area contributed by atoms with Gasteiger partial charge in [0.25, 0.3) is 0 Å². The summed E-state index contributed by atoms with van der Waals surface area (Å²) in [6.07, 6.45) is 1.94. The average molecular weight is 172 g/mol. The molecule has 1 aliphatic heterocycles. The van der Waals surface area contributed by atoms with Crippen molar-refractivity contribution in [1.29, 1.82) is 0 Å². The second-order valence-electron chi connectivity index (χ2n) is 3.80. The van der Waals surface area contributed by atoms with E-state index < -0.39 is 0 Å². The van der Waals surface area contributed by atoms with Crippen LogP contribution in [0.3, 0.4) is 0 Å². The zero-order valence-electron chi connectivity index (χ0n) is 8.54. The first-order chi connectivity index (χ1) is 5.65. The predicted octanol–water partition coefficient (Wildman–Crippen LogP) is 2.22. The van der Waals surface area contributed by atoms with Gasteiger partial charge in [0.2, 0.25) is 0 Å². The molecule has 1 fully saturated rings. The Hall–Kier alpha value is -0.0800. The van der Waals surface area contributed by atoms with Crippen LogP contribution in [0.25, 0.3) is 0 Å². The molecule has 1 heterocycles. The Kier molecular flexibility index (Phi) is 3.53. The lowest BCUT2D eigenvalue weighted by Crippen LogP contribution is -2.27. The highest BCUT2D eigenvalue weighted by Gasteiger charge is 2.26. The van der Waals surface area contributed by atoms with Gasteiger partial charge in [-0.3, -0.25) is 0 Å². The van der Waals surface area contributed by atoms with Gasteiger partial charge in [0.1, 0.15) is 0 Å². The van der Waals surface area contributed by atoms with Gasteiger partial charge in [0.05, 0.1) is 24.9 Å². The molecule has 2 nitrogen and oxygen atoms in total. The van der Waals surface area contributed by atoms with Gasteiger partial charge in [-0.15, -0.1) is 0 Å². The Labute approximate surface area is 75.2 Å². The minimum atomic E-state index is 0.236. The summed E-state index contributed by atoms with van der Waals surface area (Å²) in [6.45, 7) is 9.37. The molecule has 0 saturated carbocycles. The monoisotopic (exact) mass is 172 g/mol. The van der Waals surface area contributed by atoms with E-state index in [1.54, 1.807) is 0 Å². The molecule has 0 spiro atoms. The first kappa shape index (κ1) is 10.0. The van der Waals surface area contributed by atoms with Crippen molar-refractivity contribution in [2.45, 2.75) is 52.4 Å². The van der Waals surface area contributed by atoms with Crippen LogP contribution in [-0.4, -0.2) is 24.9 Å². The highest BCUT2D eigenvalue weighted by molar-refractivity contribution is 4.73. The summed E-state index contributed by atoms with van der Waals surface area (Å²) in [5.41, 5.74) is 0. The molecule has 0 N–H and O–H groups in total. The number of ether oxygens (including phenoxy) is 2. The van der Waals surface area contributed by atoms with Gasteiger partial charge in [0, 0.05) is 5.92 Å². The number of hydrogen-bond donors (Lipinski definition) is 0. The number of rotatable bonds is 1. The summed E-state index contributed by atoms with van der Waals surface area (Å²) in [7, 11) is 0. The first-order valence-electron chi connectivity index (χ1n) is 4.92. The summed E-state index contributed by atoms with van der Waals surface area (Å²) >= 11 is 0. The van der Waals surface area contributed by atoms with Crippen LogP contribution in [0.1, 0.15) is 34.1 Å². The van der Waals surface area contributed by atoms with Crippen molar-refractivity contribution < 1.29 is 9.47 Å². The molecule has 0 amide bonds. The van der Waals surface area contributed by atoms with Crippen LogP contribution in [0.5, 0.6) is 0 Å². The third kappa shape index (κ3) is 2.20. The fourth-order valence-electron chi connectivity index (χ4n) is 1.57. The molecule has 0 aromatic carbocycles. The van der Waals surface area contributed by atoms with Gasteiger partial charge in [-0.2, -0.15) is 0 Å². The normalized spacial score (nSPS) is 44.0. The molecule has 0 radical (unpaired) electrons. The van der Waals surface area contributed by atoms with Crippen molar-refractivity contribution in [3.8, 4) is 0 Å². The van der Waals surface area contributed by atoms with E-state index in [-0.39, 0.29) is 12.2 Å². The van der Waals surface area contributed by atoms with E-state index in [4.69, 9.17) is 9.47 Å². The Balaban J connectivity index is 2.54.